The molecular formula is C13H19BrN2O2. The number of carbonyl (C=O) groups is 1. The molecule has 0 bridgehead atoms. The highest BCUT2D eigenvalue weighted by atomic mass is 79.9. The van der Waals surface area contributed by atoms with E-state index in [-0.39, 0.29) is 12.5 Å². The molecule has 0 spiro atoms. The van der Waals surface area contributed by atoms with Gasteiger partial charge in [0.25, 0.3) is 0 Å². The Labute approximate surface area is 116 Å². The molecule has 0 radical (unpaired) electrons. The fourth-order valence-corrected chi connectivity index (χ4v) is 1.90. The van der Waals surface area contributed by atoms with E-state index in [1.54, 1.807) is 7.11 Å². The molecule has 1 aromatic carbocycles. The van der Waals surface area contributed by atoms with Crippen LogP contribution in [0.1, 0.15) is 19.8 Å². The van der Waals surface area contributed by atoms with Crippen LogP contribution in [0.4, 0.5) is 5.69 Å². The van der Waals surface area contributed by atoms with Crippen LogP contribution in [-0.4, -0.2) is 26.1 Å². The lowest BCUT2D eigenvalue weighted by Gasteiger charge is -2.09. The van der Waals surface area contributed by atoms with Crippen molar-refractivity contribution in [2.75, 3.05) is 25.5 Å². The van der Waals surface area contributed by atoms with Crippen molar-refractivity contribution in [3.05, 3.63) is 22.7 Å². The molecule has 0 aliphatic carbocycles. The number of rotatable bonds is 7. The van der Waals surface area contributed by atoms with Gasteiger partial charge in [-0.05, 0) is 18.6 Å². The van der Waals surface area contributed by atoms with Gasteiger partial charge < -0.3 is 15.4 Å². The van der Waals surface area contributed by atoms with Crippen LogP contribution in [0.5, 0.6) is 5.75 Å². The summed E-state index contributed by atoms with van der Waals surface area (Å²) in [5.74, 6) is 0.751. The van der Waals surface area contributed by atoms with E-state index in [1.807, 2.05) is 18.2 Å². The van der Waals surface area contributed by atoms with E-state index in [0.29, 0.717) is 0 Å². The molecular weight excluding hydrogens is 296 g/mol. The zero-order valence-corrected chi connectivity index (χ0v) is 12.3. The van der Waals surface area contributed by atoms with Crippen molar-refractivity contribution >= 4 is 27.5 Å². The standard InChI is InChI=1S/C13H19BrN2O2/c1-3-4-5-15-13(17)9-16-11-6-10(14)7-12(8-11)18-2/h6-8,16H,3-5,9H2,1-2H3,(H,15,17). The maximum Gasteiger partial charge on any atom is 0.239 e. The molecule has 0 aliphatic heterocycles. The lowest BCUT2D eigenvalue weighted by molar-refractivity contribution is -0.119. The van der Waals surface area contributed by atoms with Crippen LogP contribution >= 0.6 is 15.9 Å². The molecule has 0 fully saturated rings. The molecule has 1 amide bonds. The number of benzene rings is 1. The number of unbranched alkanes of at least 4 members (excludes halogenated alkanes) is 1. The van der Waals surface area contributed by atoms with Gasteiger partial charge in [0.1, 0.15) is 5.75 Å². The SMILES string of the molecule is CCCCNC(=O)CNc1cc(Br)cc(OC)c1. The van der Waals surface area contributed by atoms with E-state index in [4.69, 9.17) is 4.74 Å². The second kappa shape index (κ2) is 7.97. The first-order valence-electron chi connectivity index (χ1n) is 6.01. The number of amides is 1. The Morgan fingerprint density at radius 2 is 2.17 bits per heavy atom. The van der Waals surface area contributed by atoms with E-state index in [2.05, 4.69) is 33.5 Å². The summed E-state index contributed by atoms with van der Waals surface area (Å²) in [6.45, 7) is 3.10. The second-order valence-electron chi connectivity index (χ2n) is 3.94. The summed E-state index contributed by atoms with van der Waals surface area (Å²) < 4.78 is 6.06. The van der Waals surface area contributed by atoms with E-state index < -0.39 is 0 Å². The molecule has 2 N–H and O–H groups in total. The number of halogens is 1. The predicted molar refractivity (Wildman–Crippen MR) is 77.1 cm³/mol. The first-order chi connectivity index (χ1) is 8.65. The molecule has 1 rings (SSSR count). The van der Waals surface area contributed by atoms with Crippen LogP contribution in [0.3, 0.4) is 0 Å². The molecule has 0 saturated heterocycles. The lowest BCUT2D eigenvalue weighted by Crippen LogP contribution is -2.30. The average molecular weight is 315 g/mol. The minimum absolute atomic E-state index is 0.00222. The quantitative estimate of drug-likeness (QED) is 0.761. The fourth-order valence-electron chi connectivity index (χ4n) is 1.43. The summed E-state index contributed by atoms with van der Waals surface area (Å²) in [6.07, 6.45) is 2.09. The first kappa shape index (κ1) is 14.8. The topological polar surface area (TPSA) is 50.4 Å². The van der Waals surface area contributed by atoms with Gasteiger partial charge in [0.15, 0.2) is 0 Å². The first-order valence-corrected chi connectivity index (χ1v) is 6.80. The minimum atomic E-state index is 0.00222. The van der Waals surface area contributed by atoms with Crippen molar-refractivity contribution in [2.45, 2.75) is 19.8 Å². The Bertz CT molecular complexity index is 397. The van der Waals surface area contributed by atoms with Gasteiger partial charge in [-0.1, -0.05) is 29.3 Å². The van der Waals surface area contributed by atoms with Crippen LogP contribution in [0, 0.1) is 0 Å². The molecule has 18 heavy (non-hydrogen) atoms. The van der Waals surface area contributed by atoms with E-state index in [1.165, 1.54) is 0 Å². The summed E-state index contributed by atoms with van der Waals surface area (Å²) in [6, 6.07) is 5.62. The van der Waals surface area contributed by atoms with Gasteiger partial charge in [0.05, 0.1) is 13.7 Å². The number of hydrogen-bond acceptors (Lipinski definition) is 3. The molecule has 0 heterocycles. The highest BCUT2D eigenvalue weighted by Crippen LogP contribution is 2.24. The third kappa shape index (κ3) is 5.40. The Hall–Kier alpha value is -1.23. The number of methoxy groups -OCH3 is 1. The minimum Gasteiger partial charge on any atom is -0.497 e. The number of ether oxygens (including phenoxy) is 1. The highest BCUT2D eigenvalue weighted by Gasteiger charge is 2.02. The van der Waals surface area contributed by atoms with E-state index >= 15 is 0 Å². The predicted octanol–water partition coefficient (Wildman–Crippen LogP) is 2.79. The summed E-state index contributed by atoms with van der Waals surface area (Å²) >= 11 is 3.39. The Balaban J connectivity index is 2.43. The van der Waals surface area contributed by atoms with Gasteiger partial charge in [0.2, 0.25) is 5.91 Å². The van der Waals surface area contributed by atoms with Crippen LogP contribution < -0.4 is 15.4 Å². The molecule has 100 valence electrons. The summed E-state index contributed by atoms with van der Waals surface area (Å²) in [5.41, 5.74) is 0.854. The Morgan fingerprint density at radius 1 is 1.39 bits per heavy atom. The van der Waals surface area contributed by atoms with Crippen molar-refractivity contribution in [3.8, 4) is 5.75 Å². The van der Waals surface area contributed by atoms with Gasteiger partial charge in [-0.2, -0.15) is 0 Å². The molecule has 0 aliphatic rings. The van der Waals surface area contributed by atoms with Crippen molar-refractivity contribution < 1.29 is 9.53 Å². The van der Waals surface area contributed by atoms with E-state index in [0.717, 1.165) is 35.3 Å². The Morgan fingerprint density at radius 3 is 2.83 bits per heavy atom. The number of carbonyl (C=O) groups excluding carboxylic acids is 1. The van der Waals surface area contributed by atoms with Gasteiger partial charge in [-0.3, -0.25) is 4.79 Å². The van der Waals surface area contributed by atoms with Crippen LogP contribution in [0.25, 0.3) is 0 Å². The molecule has 1 aromatic rings. The van der Waals surface area contributed by atoms with E-state index in [9.17, 15) is 4.79 Å². The highest BCUT2D eigenvalue weighted by molar-refractivity contribution is 9.10. The lowest BCUT2D eigenvalue weighted by atomic mass is 10.3. The molecule has 0 aromatic heterocycles. The molecule has 5 heteroatoms. The third-order valence-electron chi connectivity index (χ3n) is 2.41. The summed E-state index contributed by atoms with van der Waals surface area (Å²) in [4.78, 5) is 11.5. The monoisotopic (exact) mass is 314 g/mol. The molecule has 0 saturated carbocycles. The maximum absolute atomic E-state index is 11.5. The maximum atomic E-state index is 11.5. The number of nitrogens with one attached hydrogen (secondary N) is 2. The molecule has 0 unspecified atom stereocenters. The molecule has 4 nitrogen and oxygen atoms in total. The van der Waals surface area contributed by atoms with Gasteiger partial charge >= 0.3 is 0 Å². The van der Waals surface area contributed by atoms with Crippen LogP contribution in [-0.2, 0) is 4.79 Å². The van der Waals surface area contributed by atoms with Crippen molar-refractivity contribution in [1.29, 1.82) is 0 Å². The third-order valence-corrected chi connectivity index (χ3v) is 2.87. The zero-order valence-electron chi connectivity index (χ0n) is 10.8. The average Bonchev–Trinajstić information content (AvgIpc) is 2.36. The zero-order chi connectivity index (χ0) is 13.4. The normalized spacial score (nSPS) is 9.94. The van der Waals surface area contributed by atoms with Crippen molar-refractivity contribution in [3.63, 3.8) is 0 Å². The van der Waals surface area contributed by atoms with Gasteiger partial charge in [-0.25, -0.2) is 0 Å². The number of hydrogen-bond donors (Lipinski definition) is 2. The second-order valence-corrected chi connectivity index (χ2v) is 4.85. The van der Waals surface area contributed by atoms with Gasteiger partial charge in [-0.15, -0.1) is 0 Å². The summed E-state index contributed by atoms with van der Waals surface area (Å²) in [7, 11) is 1.61. The fraction of sp³-hybridized carbons (Fsp3) is 0.462. The van der Waals surface area contributed by atoms with Crippen LogP contribution in [0.15, 0.2) is 22.7 Å². The number of anilines is 1. The smallest absolute Gasteiger partial charge is 0.239 e. The van der Waals surface area contributed by atoms with Crippen LogP contribution in [0.2, 0.25) is 0 Å². The van der Waals surface area contributed by atoms with Crippen molar-refractivity contribution in [1.82, 2.24) is 5.32 Å². The summed E-state index contributed by atoms with van der Waals surface area (Å²) in [5, 5.41) is 5.92. The molecule has 0 atom stereocenters. The van der Waals surface area contributed by atoms with Gasteiger partial charge in [0, 0.05) is 22.8 Å². The Kier molecular flexibility index (Phi) is 6.57. The largest absolute Gasteiger partial charge is 0.497 e. The van der Waals surface area contributed by atoms with Crippen molar-refractivity contribution in [2.24, 2.45) is 0 Å².